The third kappa shape index (κ3) is 5.30. The Morgan fingerprint density at radius 2 is 1.49 bits per heavy atom. The van der Waals surface area contributed by atoms with Gasteiger partial charge in [0.25, 0.3) is 5.56 Å². The molecule has 1 aromatic heterocycles. The Morgan fingerprint density at radius 1 is 0.838 bits per heavy atom. The Balaban J connectivity index is 1.56. The van der Waals surface area contributed by atoms with Gasteiger partial charge in [0, 0.05) is 29.1 Å². The summed E-state index contributed by atoms with van der Waals surface area (Å²) in [6.07, 6.45) is 2.01. The largest absolute Gasteiger partial charge is 0.294 e. The number of fused-ring (bicyclic) bond motifs is 1. The number of carbonyl (C=O) groups excluding carboxylic acids is 1. The van der Waals surface area contributed by atoms with Crippen molar-refractivity contribution in [1.82, 2.24) is 9.55 Å². The Labute approximate surface area is 220 Å². The SMILES string of the molecule is CCn1c(/C(=C/c2ccc(Cl)cc2)CC(=O)c2ccc(-c3ccccc3)cc2)nc2ccccc2c1=O. The summed E-state index contributed by atoms with van der Waals surface area (Å²) in [7, 11) is 0. The number of benzene rings is 4. The highest BCUT2D eigenvalue weighted by molar-refractivity contribution is 6.30. The Bertz CT molecular complexity index is 1650. The molecule has 0 N–H and O–H groups in total. The highest BCUT2D eigenvalue weighted by atomic mass is 35.5. The number of hydrogen-bond donors (Lipinski definition) is 0. The van der Waals surface area contributed by atoms with Gasteiger partial charge in [-0.2, -0.15) is 0 Å². The molecule has 0 aliphatic carbocycles. The van der Waals surface area contributed by atoms with Crippen LogP contribution in [-0.4, -0.2) is 15.3 Å². The average Bonchev–Trinajstić information content (AvgIpc) is 2.94. The van der Waals surface area contributed by atoms with Gasteiger partial charge in [-0.1, -0.05) is 90.5 Å². The quantitative estimate of drug-likeness (QED) is 0.215. The van der Waals surface area contributed by atoms with E-state index in [1.165, 1.54) is 0 Å². The van der Waals surface area contributed by atoms with Gasteiger partial charge in [0.05, 0.1) is 10.9 Å². The van der Waals surface area contributed by atoms with Crippen molar-refractivity contribution in [2.24, 2.45) is 0 Å². The summed E-state index contributed by atoms with van der Waals surface area (Å²) in [6, 6.07) is 32.3. The lowest BCUT2D eigenvalue weighted by molar-refractivity contribution is 0.0998. The van der Waals surface area contributed by atoms with Crippen LogP contribution in [-0.2, 0) is 6.54 Å². The monoisotopic (exact) mass is 504 g/mol. The van der Waals surface area contributed by atoms with Crippen molar-refractivity contribution in [3.05, 3.63) is 135 Å². The van der Waals surface area contributed by atoms with Crippen molar-refractivity contribution >= 4 is 39.9 Å². The van der Waals surface area contributed by atoms with Crippen LogP contribution in [0.1, 0.15) is 35.1 Å². The third-order valence-electron chi connectivity index (χ3n) is 6.34. The molecular weight excluding hydrogens is 480 g/mol. The molecule has 5 rings (SSSR count). The number of aromatic nitrogens is 2. The molecule has 182 valence electrons. The zero-order chi connectivity index (χ0) is 25.8. The van der Waals surface area contributed by atoms with Crippen molar-refractivity contribution < 1.29 is 4.79 Å². The number of allylic oxidation sites excluding steroid dienone is 1. The summed E-state index contributed by atoms with van der Waals surface area (Å²) >= 11 is 6.09. The van der Waals surface area contributed by atoms with Crippen LogP contribution in [0.5, 0.6) is 0 Å². The number of para-hydroxylation sites is 1. The van der Waals surface area contributed by atoms with Crippen LogP contribution < -0.4 is 5.56 Å². The summed E-state index contributed by atoms with van der Waals surface area (Å²) < 4.78 is 1.63. The average molecular weight is 505 g/mol. The normalized spacial score (nSPS) is 11.6. The first-order valence-electron chi connectivity index (χ1n) is 12.2. The van der Waals surface area contributed by atoms with Gasteiger partial charge in [0.15, 0.2) is 5.78 Å². The number of nitrogens with zero attached hydrogens (tertiary/aromatic N) is 2. The van der Waals surface area contributed by atoms with E-state index in [0.717, 1.165) is 16.7 Å². The maximum absolute atomic E-state index is 13.5. The smallest absolute Gasteiger partial charge is 0.261 e. The van der Waals surface area contributed by atoms with Crippen LogP contribution in [0.3, 0.4) is 0 Å². The number of hydrogen-bond acceptors (Lipinski definition) is 3. The molecule has 0 bridgehead atoms. The lowest BCUT2D eigenvalue weighted by Crippen LogP contribution is -2.24. The molecule has 37 heavy (non-hydrogen) atoms. The molecule has 5 heteroatoms. The zero-order valence-electron chi connectivity index (χ0n) is 20.4. The second-order valence-corrected chi connectivity index (χ2v) is 9.20. The molecule has 0 saturated heterocycles. The zero-order valence-corrected chi connectivity index (χ0v) is 21.2. The van der Waals surface area contributed by atoms with Crippen LogP contribution in [0.25, 0.3) is 33.7 Å². The van der Waals surface area contributed by atoms with Gasteiger partial charge in [-0.3, -0.25) is 14.2 Å². The van der Waals surface area contributed by atoms with E-state index in [9.17, 15) is 9.59 Å². The number of ketones is 1. The van der Waals surface area contributed by atoms with Crippen molar-refractivity contribution in [2.45, 2.75) is 19.9 Å². The van der Waals surface area contributed by atoms with Crippen LogP contribution >= 0.6 is 11.6 Å². The predicted octanol–water partition coefficient (Wildman–Crippen LogP) is 7.55. The van der Waals surface area contributed by atoms with Crippen LogP contribution in [0.4, 0.5) is 0 Å². The molecule has 0 atom stereocenters. The Kier molecular flexibility index (Phi) is 7.11. The van der Waals surface area contributed by atoms with Crippen molar-refractivity contribution in [3.8, 4) is 11.1 Å². The molecule has 4 nitrogen and oxygen atoms in total. The van der Waals surface area contributed by atoms with E-state index in [2.05, 4.69) is 0 Å². The first-order chi connectivity index (χ1) is 18.0. The molecule has 0 spiro atoms. The lowest BCUT2D eigenvalue weighted by atomic mass is 9.97. The van der Waals surface area contributed by atoms with E-state index in [1.807, 2.05) is 97.9 Å². The van der Waals surface area contributed by atoms with Gasteiger partial charge in [0.2, 0.25) is 0 Å². The van der Waals surface area contributed by atoms with Crippen molar-refractivity contribution in [2.75, 3.05) is 0 Å². The molecule has 0 fully saturated rings. The van der Waals surface area contributed by atoms with E-state index in [0.29, 0.717) is 39.4 Å². The fraction of sp³-hybridized carbons (Fsp3) is 0.0938. The van der Waals surface area contributed by atoms with E-state index >= 15 is 0 Å². The van der Waals surface area contributed by atoms with E-state index in [-0.39, 0.29) is 17.8 Å². The minimum absolute atomic E-state index is 0.0510. The maximum atomic E-state index is 13.5. The highest BCUT2D eigenvalue weighted by Gasteiger charge is 2.18. The van der Waals surface area contributed by atoms with Crippen molar-refractivity contribution in [3.63, 3.8) is 0 Å². The van der Waals surface area contributed by atoms with Gasteiger partial charge < -0.3 is 0 Å². The fourth-order valence-corrected chi connectivity index (χ4v) is 4.54. The molecular formula is C32H25ClN2O2. The summed E-state index contributed by atoms with van der Waals surface area (Å²) in [5.74, 6) is 0.445. The summed E-state index contributed by atoms with van der Waals surface area (Å²) in [5, 5.41) is 1.18. The van der Waals surface area contributed by atoms with E-state index in [1.54, 1.807) is 22.8 Å². The number of carbonyl (C=O) groups is 1. The minimum Gasteiger partial charge on any atom is -0.294 e. The van der Waals surface area contributed by atoms with Crippen LogP contribution in [0.2, 0.25) is 5.02 Å². The Morgan fingerprint density at radius 3 is 2.19 bits per heavy atom. The molecule has 0 radical (unpaired) electrons. The fourth-order valence-electron chi connectivity index (χ4n) is 4.42. The van der Waals surface area contributed by atoms with Gasteiger partial charge in [-0.05, 0) is 54.0 Å². The molecule has 0 amide bonds. The molecule has 4 aromatic carbocycles. The second kappa shape index (κ2) is 10.8. The lowest BCUT2D eigenvalue weighted by Gasteiger charge is -2.15. The highest BCUT2D eigenvalue weighted by Crippen LogP contribution is 2.26. The topological polar surface area (TPSA) is 52.0 Å². The number of halogens is 1. The van der Waals surface area contributed by atoms with Gasteiger partial charge in [-0.15, -0.1) is 0 Å². The first-order valence-corrected chi connectivity index (χ1v) is 12.6. The van der Waals surface area contributed by atoms with E-state index in [4.69, 9.17) is 16.6 Å². The van der Waals surface area contributed by atoms with E-state index < -0.39 is 0 Å². The Hall–Kier alpha value is -4.28. The van der Waals surface area contributed by atoms with Gasteiger partial charge >= 0.3 is 0 Å². The molecule has 0 aliphatic heterocycles. The molecule has 1 heterocycles. The molecule has 0 saturated carbocycles. The second-order valence-electron chi connectivity index (χ2n) is 8.77. The van der Waals surface area contributed by atoms with Gasteiger partial charge in [-0.25, -0.2) is 4.98 Å². The number of Topliss-reactive ketones (excluding diaryl/α,β-unsaturated/α-hetero) is 1. The summed E-state index contributed by atoms with van der Waals surface area (Å²) in [6.45, 7) is 2.34. The summed E-state index contributed by atoms with van der Waals surface area (Å²) in [4.78, 5) is 31.6. The molecule has 0 unspecified atom stereocenters. The van der Waals surface area contributed by atoms with Crippen molar-refractivity contribution in [1.29, 1.82) is 0 Å². The minimum atomic E-state index is -0.121. The molecule has 5 aromatic rings. The van der Waals surface area contributed by atoms with Crippen LogP contribution in [0, 0.1) is 0 Å². The first kappa shape index (κ1) is 24.4. The standard InChI is InChI=1S/C32H25ClN2O2/c1-2-35-31(34-29-11-7-6-10-28(29)32(35)37)26(20-22-12-18-27(33)19-13-22)21-30(36)25-16-14-24(15-17-25)23-8-4-3-5-9-23/h3-20H,2,21H2,1H3/b26-20+. The molecule has 0 aliphatic rings. The number of rotatable bonds is 7. The predicted molar refractivity (Wildman–Crippen MR) is 152 cm³/mol. The summed E-state index contributed by atoms with van der Waals surface area (Å²) in [5.41, 5.74) is 4.77. The maximum Gasteiger partial charge on any atom is 0.261 e. The van der Waals surface area contributed by atoms with Gasteiger partial charge in [0.1, 0.15) is 5.82 Å². The third-order valence-corrected chi connectivity index (χ3v) is 6.59. The van der Waals surface area contributed by atoms with Crippen LogP contribution in [0.15, 0.2) is 108 Å².